The van der Waals surface area contributed by atoms with Gasteiger partial charge in [-0.3, -0.25) is 4.79 Å². The molecule has 0 bridgehead atoms. The fourth-order valence-corrected chi connectivity index (χ4v) is 2.16. The van der Waals surface area contributed by atoms with E-state index in [1.807, 2.05) is 0 Å². The number of aromatic nitrogens is 1. The lowest BCUT2D eigenvalue weighted by atomic mass is 10.1. The second-order valence-electron chi connectivity index (χ2n) is 3.72. The lowest BCUT2D eigenvalue weighted by Crippen LogP contribution is -2.02. The molecule has 0 fully saturated rings. The smallest absolute Gasteiger partial charge is 0.307 e. The number of rotatable bonds is 4. The van der Waals surface area contributed by atoms with E-state index in [-0.39, 0.29) is 12.3 Å². The molecule has 0 saturated carbocycles. The van der Waals surface area contributed by atoms with E-state index < -0.39 is 5.97 Å². The maximum Gasteiger partial charge on any atom is 0.307 e. The number of ether oxygens (including phenoxy) is 1. The zero-order valence-corrected chi connectivity index (χ0v) is 12.0. The van der Waals surface area contributed by atoms with Crippen molar-refractivity contribution in [1.29, 1.82) is 0 Å². The number of para-hydroxylation sites is 1. The number of carboxylic acids is 1. The van der Waals surface area contributed by atoms with Gasteiger partial charge in [-0.15, -0.1) is 0 Å². The summed E-state index contributed by atoms with van der Waals surface area (Å²) in [7, 11) is 0. The number of carboxylic acid groups (broad SMARTS) is 1. The van der Waals surface area contributed by atoms with Crippen LogP contribution in [-0.4, -0.2) is 16.1 Å². The number of hydrogen-bond acceptors (Lipinski definition) is 3. The van der Waals surface area contributed by atoms with Crippen LogP contribution in [0.2, 0.25) is 5.02 Å². The van der Waals surface area contributed by atoms with E-state index in [0.29, 0.717) is 16.3 Å². The summed E-state index contributed by atoms with van der Waals surface area (Å²) in [6, 6.07) is 8.54. The standard InChI is InChI=1S/C13H9BrClNO3/c14-9-6-10(15)13(16-7-9)19-11-4-2-1-3-8(11)5-12(17)18/h1-4,6-7H,5H2,(H,17,18). The van der Waals surface area contributed by atoms with E-state index >= 15 is 0 Å². The van der Waals surface area contributed by atoms with Gasteiger partial charge in [-0.25, -0.2) is 4.98 Å². The van der Waals surface area contributed by atoms with Crippen LogP contribution in [0.4, 0.5) is 0 Å². The molecule has 2 aromatic rings. The minimum Gasteiger partial charge on any atom is -0.481 e. The first-order chi connectivity index (χ1) is 9.06. The van der Waals surface area contributed by atoms with Crippen LogP contribution in [0.3, 0.4) is 0 Å². The largest absolute Gasteiger partial charge is 0.481 e. The predicted octanol–water partition coefficient (Wildman–Crippen LogP) is 3.92. The van der Waals surface area contributed by atoms with Crippen molar-refractivity contribution in [3.63, 3.8) is 0 Å². The summed E-state index contributed by atoms with van der Waals surface area (Å²) >= 11 is 9.25. The molecule has 98 valence electrons. The van der Waals surface area contributed by atoms with Crippen LogP contribution in [0.15, 0.2) is 41.0 Å². The fraction of sp³-hybridized carbons (Fsp3) is 0.0769. The molecule has 0 saturated heterocycles. The van der Waals surface area contributed by atoms with Crippen molar-refractivity contribution in [2.24, 2.45) is 0 Å². The molecule has 0 spiro atoms. The highest BCUT2D eigenvalue weighted by molar-refractivity contribution is 9.10. The van der Waals surface area contributed by atoms with Crippen molar-refractivity contribution in [3.8, 4) is 11.6 Å². The molecular formula is C13H9BrClNO3. The molecule has 1 aromatic heterocycles. The van der Waals surface area contributed by atoms with Gasteiger partial charge >= 0.3 is 5.97 Å². The van der Waals surface area contributed by atoms with Crippen LogP contribution in [0.5, 0.6) is 11.6 Å². The van der Waals surface area contributed by atoms with Gasteiger partial charge in [0.2, 0.25) is 5.88 Å². The minimum atomic E-state index is -0.925. The molecule has 0 aliphatic heterocycles. The number of aliphatic carboxylic acids is 1. The summed E-state index contributed by atoms with van der Waals surface area (Å²) in [5.74, 6) is -0.254. The molecule has 4 nitrogen and oxygen atoms in total. The normalized spacial score (nSPS) is 10.2. The topological polar surface area (TPSA) is 59.4 Å². The van der Waals surface area contributed by atoms with Gasteiger partial charge in [0.1, 0.15) is 10.8 Å². The van der Waals surface area contributed by atoms with E-state index in [2.05, 4.69) is 20.9 Å². The second-order valence-corrected chi connectivity index (χ2v) is 5.04. The van der Waals surface area contributed by atoms with E-state index in [1.54, 1.807) is 36.5 Å². The summed E-state index contributed by atoms with van der Waals surface area (Å²) < 4.78 is 6.31. The lowest BCUT2D eigenvalue weighted by Gasteiger charge is -2.10. The molecule has 1 aromatic carbocycles. The van der Waals surface area contributed by atoms with Gasteiger partial charge in [0.15, 0.2) is 0 Å². The van der Waals surface area contributed by atoms with Crippen molar-refractivity contribution in [3.05, 3.63) is 51.6 Å². The summed E-state index contributed by atoms with van der Waals surface area (Å²) in [6.07, 6.45) is 1.44. The first-order valence-electron chi connectivity index (χ1n) is 5.35. The zero-order chi connectivity index (χ0) is 13.8. The van der Waals surface area contributed by atoms with Crippen LogP contribution in [0, 0.1) is 0 Å². The number of pyridine rings is 1. The average molecular weight is 343 g/mol. The molecule has 0 unspecified atom stereocenters. The van der Waals surface area contributed by atoms with Gasteiger partial charge in [0.05, 0.1) is 6.42 Å². The maximum absolute atomic E-state index is 10.8. The average Bonchev–Trinajstić information content (AvgIpc) is 2.34. The maximum atomic E-state index is 10.8. The Kier molecular flexibility index (Phi) is 4.39. The van der Waals surface area contributed by atoms with Crippen LogP contribution in [-0.2, 0) is 11.2 Å². The number of benzene rings is 1. The molecule has 19 heavy (non-hydrogen) atoms. The first-order valence-corrected chi connectivity index (χ1v) is 6.52. The highest BCUT2D eigenvalue weighted by Crippen LogP contribution is 2.31. The van der Waals surface area contributed by atoms with Gasteiger partial charge in [0.25, 0.3) is 0 Å². The molecule has 0 aliphatic carbocycles. The molecule has 0 atom stereocenters. The molecule has 0 aliphatic rings. The van der Waals surface area contributed by atoms with Crippen molar-refractivity contribution in [2.75, 3.05) is 0 Å². The van der Waals surface area contributed by atoms with Crippen molar-refractivity contribution >= 4 is 33.5 Å². The zero-order valence-electron chi connectivity index (χ0n) is 9.64. The van der Waals surface area contributed by atoms with Crippen LogP contribution in [0.1, 0.15) is 5.56 Å². The van der Waals surface area contributed by atoms with Crippen molar-refractivity contribution < 1.29 is 14.6 Å². The molecule has 0 amide bonds. The molecule has 1 heterocycles. The quantitative estimate of drug-likeness (QED) is 0.915. The van der Waals surface area contributed by atoms with E-state index in [9.17, 15) is 4.79 Å². The monoisotopic (exact) mass is 341 g/mol. The van der Waals surface area contributed by atoms with Crippen LogP contribution in [0.25, 0.3) is 0 Å². The van der Waals surface area contributed by atoms with Crippen LogP contribution >= 0.6 is 27.5 Å². The third kappa shape index (κ3) is 3.68. The lowest BCUT2D eigenvalue weighted by molar-refractivity contribution is -0.136. The Labute approximate surface area is 123 Å². The molecule has 2 rings (SSSR count). The molecule has 6 heteroatoms. The van der Waals surface area contributed by atoms with Gasteiger partial charge < -0.3 is 9.84 Å². The molecular weight excluding hydrogens is 334 g/mol. The summed E-state index contributed by atoms with van der Waals surface area (Å²) in [5, 5.41) is 9.19. The Bertz CT molecular complexity index is 619. The Balaban J connectivity index is 2.30. The second kappa shape index (κ2) is 6.04. The van der Waals surface area contributed by atoms with Crippen molar-refractivity contribution in [2.45, 2.75) is 6.42 Å². The predicted molar refractivity (Wildman–Crippen MR) is 74.8 cm³/mol. The summed E-state index contributed by atoms with van der Waals surface area (Å²) in [5.41, 5.74) is 0.566. The van der Waals surface area contributed by atoms with E-state index in [0.717, 1.165) is 4.47 Å². The molecule has 0 radical (unpaired) electrons. The number of halogens is 2. The fourth-order valence-electron chi connectivity index (χ4n) is 1.49. The van der Waals surface area contributed by atoms with Crippen molar-refractivity contribution in [1.82, 2.24) is 4.98 Å². The Hall–Kier alpha value is -1.59. The van der Waals surface area contributed by atoms with Crippen LogP contribution < -0.4 is 4.74 Å². The first kappa shape index (κ1) is 13.8. The number of carbonyl (C=O) groups is 1. The van der Waals surface area contributed by atoms with E-state index in [1.165, 1.54) is 0 Å². The Morgan fingerprint density at radius 2 is 2.16 bits per heavy atom. The summed E-state index contributed by atoms with van der Waals surface area (Å²) in [4.78, 5) is 14.8. The molecule has 1 N–H and O–H groups in total. The SMILES string of the molecule is O=C(O)Cc1ccccc1Oc1ncc(Br)cc1Cl. The summed E-state index contributed by atoms with van der Waals surface area (Å²) in [6.45, 7) is 0. The van der Waals surface area contributed by atoms with Gasteiger partial charge in [-0.2, -0.15) is 0 Å². The number of hydrogen-bond donors (Lipinski definition) is 1. The third-order valence-corrected chi connectivity index (χ3v) is 3.00. The third-order valence-electron chi connectivity index (χ3n) is 2.29. The highest BCUT2D eigenvalue weighted by Gasteiger charge is 2.11. The van der Waals surface area contributed by atoms with Gasteiger partial charge in [0, 0.05) is 16.2 Å². The van der Waals surface area contributed by atoms with E-state index in [4.69, 9.17) is 21.4 Å². The van der Waals surface area contributed by atoms with Gasteiger partial charge in [-0.1, -0.05) is 29.8 Å². The highest BCUT2D eigenvalue weighted by atomic mass is 79.9. The minimum absolute atomic E-state index is 0.121. The number of nitrogens with zero attached hydrogens (tertiary/aromatic N) is 1. The Morgan fingerprint density at radius 3 is 2.84 bits per heavy atom. The Morgan fingerprint density at radius 1 is 1.42 bits per heavy atom. The van der Waals surface area contributed by atoms with Gasteiger partial charge in [-0.05, 0) is 28.1 Å².